The number of carbonyl (C=O) groups is 2. The van der Waals surface area contributed by atoms with Crippen LogP contribution in [0.4, 0.5) is 22.7 Å². The van der Waals surface area contributed by atoms with E-state index in [2.05, 4.69) is 30.7 Å². The molecule has 0 amide bonds. The van der Waals surface area contributed by atoms with Gasteiger partial charge in [-0.2, -0.15) is 0 Å². The van der Waals surface area contributed by atoms with Crippen molar-refractivity contribution in [1.82, 2.24) is 19.6 Å². The Morgan fingerprint density at radius 3 is 1.17 bits per heavy atom. The minimum absolute atomic E-state index is 0. The molecule has 26 heteroatoms. The summed E-state index contributed by atoms with van der Waals surface area (Å²) in [7, 11) is -9.66. The van der Waals surface area contributed by atoms with Crippen molar-refractivity contribution in [1.29, 1.82) is 0 Å². The number of aromatic carboxylic acids is 2. The van der Waals surface area contributed by atoms with Crippen molar-refractivity contribution in [2.45, 2.75) is 23.6 Å². The molecule has 0 radical (unpaired) electrons. The van der Waals surface area contributed by atoms with Crippen LogP contribution >= 0.6 is 0 Å². The molecular weight excluding hydrogens is 898 g/mol. The number of aromatic nitrogens is 4. The maximum atomic E-state index is 12.5. The second-order valence-corrected chi connectivity index (χ2v) is 14.0. The van der Waals surface area contributed by atoms with E-state index in [1.807, 2.05) is 0 Å². The van der Waals surface area contributed by atoms with Crippen LogP contribution < -0.4 is 110 Å². The molecule has 20 nitrogen and oxygen atoms in total. The topological polar surface area (TPSA) is 311 Å². The molecule has 2 aromatic heterocycles. The molecule has 2 heterocycles. The van der Waals surface area contributed by atoms with Gasteiger partial charge in [-0.05, 0) is 60.7 Å². The van der Waals surface area contributed by atoms with Crippen molar-refractivity contribution in [2.24, 2.45) is 20.5 Å². The maximum Gasteiger partial charge on any atom is 1.00 e. The van der Waals surface area contributed by atoms with E-state index in [4.69, 9.17) is 0 Å². The second-order valence-electron chi connectivity index (χ2n) is 11.2. The van der Waals surface area contributed by atoms with E-state index < -0.39 is 64.2 Å². The Morgan fingerprint density at radius 2 is 0.883 bits per heavy atom. The van der Waals surface area contributed by atoms with Crippen molar-refractivity contribution >= 4 is 54.9 Å². The van der Waals surface area contributed by atoms with Crippen LogP contribution in [-0.4, -0.2) is 57.5 Å². The molecule has 0 aliphatic rings. The van der Waals surface area contributed by atoms with Gasteiger partial charge in [-0.25, -0.2) is 26.4 Å². The smallest absolute Gasteiger partial charge is 0.744 e. The molecule has 2 N–H and O–H groups in total. The first-order valence-corrected chi connectivity index (χ1v) is 18.3. The fraction of sp³-hybridized carbons (Fsp3) is 0.0588. The molecule has 0 atom stereocenters. The van der Waals surface area contributed by atoms with Crippen molar-refractivity contribution in [3.8, 4) is 11.4 Å². The minimum Gasteiger partial charge on any atom is -0.744 e. The molecular formula is C34H24CrN8Na3O12S2-. The Morgan fingerprint density at radius 1 is 0.567 bits per heavy atom. The Bertz CT molecular complexity index is 2710. The average Bonchev–Trinajstić information content (AvgIpc) is 3.61. The molecule has 0 saturated carbocycles. The Kier molecular flexibility index (Phi) is 20.9. The van der Waals surface area contributed by atoms with Gasteiger partial charge in [0, 0.05) is 28.7 Å². The summed E-state index contributed by atoms with van der Waals surface area (Å²) in [5.41, 5.74) is -1.23. The third kappa shape index (κ3) is 13.2. The number of azo groups is 2. The van der Waals surface area contributed by atoms with E-state index in [0.717, 1.165) is 33.6 Å². The van der Waals surface area contributed by atoms with Gasteiger partial charge in [0.15, 0.2) is 0 Å². The molecule has 294 valence electrons. The third-order valence-electron chi connectivity index (χ3n) is 7.47. The van der Waals surface area contributed by atoms with Gasteiger partial charge >= 0.3 is 101 Å². The molecule has 0 saturated heterocycles. The summed E-state index contributed by atoms with van der Waals surface area (Å²) in [4.78, 5) is 46.4. The zero-order valence-electron chi connectivity index (χ0n) is 32.0. The number of para-hydroxylation sites is 2. The van der Waals surface area contributed by atoms with Crippen LogP contribution in [0.15, 0.2) is 137 Å². The average molecular weight is 922 g/mol. The van der Waals surface area contributed by atoms with E-state index >= 15 is 0 Å². The molecule has 6 aromatic rings. The number of carboxylic acids is 2. The quantitative estimate of drug-likeness (QED) is 0.0741. The van der Waals surface area contributed by atoms with Crippen molar-refractivity contribution in [2.75, 3.05) is 0 Å². The summed E-state index contributed by atoms with van der Waals surface area (Å²) in [6.07, 6.45) is 0. The van der Waals surface area contributed by atoms with Crippen LogP contribution in [-0.2, 0) is 37.6 Å². The molecule has 0 spiro atoms. The molecule has 0 bridgehead atoms. The molecule has 0 fully saturated rings. The molecule has 0 aliphatic heterocycles. The van der Waals surface area contributed by atoms with Crippen LogP contribution in [0.3, 0.4) is 0 Å². The van der Waals surface area contributed by atoms with E-state index in [1.165, 1.54) is 0 Å². The molecule has 4 aromatic carbocycles. The summed E-state index contributed by atoms with van der Waals surface area (Å²) >= 11 is 0. The van der Waals surface area contributed by atoms with Crippen molar-refractivity contribution in [3.05, 3.63) is 140 Å². The number of hydrogen-bond acceptors (Lipinski definition) is 14. The molecule has 60 heavy (non-hydrogen) atoms. The summed E-state index contributed by atoms with van der Waals surface area (Å²) in [6, 6.07) is 22.5. The van der Waals surface area contributed by atoms with Crippen molar-refractivity contribution in [3.63, 3.8) is 0 Å². The van der Waals surface area contributed by atoms with Crippen LogP contribution in [0, 0.1) is 13.8 Å². The van der Waals surface area contributed by atoms with Crippen molar-refractivity contribution < 1.29 is 152 Å². The van der Waals surface area contributed by atoms with Crippen LogP contribution in [0.1, 0.15) is 32.1 Å². The number of carboxylic acid groups (broad SMARTS) is 2. The summed E-state index contributed by atoms with van der Waals surface area (Å²) in [6.45, 7) is 3.08. The van der Waals surface area contributed by atoms with Gasteiger partial charge in [0.25, 0.3) is 11.1 Å². The monoisotopic (exact) mass is 921 g/mol. The van der Waals surface area contributed by atoms with Gasteiger partial charge in [0.1, 0.15) is 43.0 Å². The summed E-state index contributed by atoms with van der Waals surface area (Å²) < 4.78 is 68.7. The maximum absolute atomic E-state index is 12.5. The SMILES string of the molecule is Cc1[n-]n(-c2ccccc2)c(=O)c1N=Nc1ccc(S(=O)(=O)[O-])cc1C(=O)O.Cc1[n-]n(-c2ccccc2)c(=O)c1N=Nc1ccc(S(=O)(=O)[O-])cc1C(=O)O.[Cr].[Na+].[Na+].[Na+]. The minimum atomic E-state index is -4.83. The third-order valence-corrected chi connectivity index (χ3v) is 9.13. The predicted octanol–water partition coefficient (Wildman–Crippen LogP) is -4.75. The first-order valence-electron chi connectivity index (χ1n) is 15.5. The number of hydrogen-bond donors (Lipinski definition) is 2. The first-order chi connectivity index (χ1) is 26.4. The van der Waals surface area contributed by atoms with Crippen LogP contribution in [0.2, 0.25) is 0 Å². The second kappa shape index (κ2) is 23.0. The normalized spacial score (nSPS) is 11.0. The first kappa shape index (κ1) is 54.4. The van der Waals surface area contributed by atoms with E-state index in [1.54, 1.807) is 74.5 Å². The zero-order chi connectivity index (χ0) is 40.9. The molecule has 0 unspecified atom stereocenters. The van der Waals surface area contributed by atoms with E-state index in [-0.39, 0.29) is 140 Å². The van der Waals surface area contributed by atoms with Gasteiger partial charge in [0.05, 0.1) is 20.9 Å². The van der Waals surface area contributed by atoms with Crippen LogP contribution in [0.25, 0.3) is 11.4 Å². The van der Waals surface area contributed by atoms with Gasteiger partial charge in [-0.3, -0.25) is 9.59 Å². The predicted molar refractivity (Wildman–Crippen MR) is 191 cm³/mol. The van der Waals surface area contributed by atoms with Crippen LogP contribution in [0.5, 0.6) is 0 Å². The standard InChI is InChI=1S/2C17H14N4O6S.Cr.3Na/c2*1-10-15(16(22)21(20-10)11-5-3-2-4-6-11)19-18-14-8-7-12(28(25,26)27)9-13(14)17(23)24;;;;/h2*2-9H,1H3,(H3,18,20,22,23,24,25,26,27);;;;/q;;;3*+1/p-4. The Balaban J connectivity index is 0.000000562. The summed E-state index contributed by atoms with van der Waals surface area (Å²) in [5, 5.41) is 41.8. The fourth-order valence-electron chi connectivity index (χ4n) is 4.78. The number of rotatable bonds is 10. The Labute approximate surface area is 417 Å². The molecule has 0 aliphatic carbocycles. The van der Waals surface area contributed by atoms with E-state index in [0.29, 0.717) is 23.5 Å². The van der Waals surface area contributed by atoms with Gasteiger partial charge in [-0.1, -0.05) is 50.2 Å². The Hall–Kier alpha value is -3.61. The number of aryl methyl sites for hydroxylation is 2. The zero-order valence-corrected chi connectivity index (χ0v) is 40.9. The van der Waals surface area contributed by atoms with E-state index in [9.17, 15) is 55.3 Å². The largest absolute Gasteiger partial charge is 1.00 e. The van der Waals surface area contributed by atoms with Gasteiger partial charge in [0.2, 0.25) is 0 Å². The number of benzene rings is 4. The fourth-order valence-corrected chi connectivity index (χ4v) is 5.77. The molecule has 6 rings (SSSR count). The number of nitrogens with zero attached hydrogens (tertiary/aromatic N) is 8. The van der Waals surface area contributed by atoms with Gasteiger partial charge in [-0.15, -0.1) is 31.8 Å². The van der Waals surface area contributed by atoms with Gasteiger partial charge < -0.3 is 38.9 Å². The summed E-state index contributed by atoms with van der Waals surface area (Å²) in [5.74, 6) is -3.00.